The number of hydrogen-bond acceptors (Lipinski definition) is 3. The molecular formula is C18H18N4O2. The summed E-state index contributed by atoms with van der Waals surface area (Å²) in [4.78, 5) is 30.8. The van der Waals surface area contributed by atoms with Gasteiger partial charge in [0.25, 0.3) is 11.5 Å². The highest BCUT2D eigenvalue weighted by molar-refractivity contribution is 5.94. The lowest BCUT2D eigenvalue weighted by atomic mass is 10.1. The van der Waals surface area contributed by atoms with Crippen LogP contribution in [0.2, 0.25) is 0 Å². The minimum Gasteiger partial charge on any atom is -0.345 e. The van der Waals surface area contributed by atoms with E-state index >= 15 is 0 Å². The van der Waals surface area contributed by atoms with Gasteiger partial charge in [-0.2, -0.15) is 0 Å². The molecule has 6 heteroatoms. The molecule has 0 saturated carbocycles. The van der Waals surface area contributed by atoms with Crippen LogP contribution in [0.1, 0.15) is 34.6 Å². The molecular weight excluding hydrogens is 304 g/mol. The van der Waals surface area contributed by atoms with Crippen LogP contribution in [-0.2, 0) is 0 Å². The number of rotatable bonds is 4. The van der Waals surface area contributed by atoms with E-state index in [1.807, 2.05) is 42.0 Å². The van der Waals surface area contributed by atoms with Crippen molar-refractivity contribution in [2.75, 3.05) is 0 Å². The number of amides is 1. The van der Waals surface area contributed by atoms with E-state index in [0.29, 0.717) is 0 Å². The Morgan fingerprint density at radius 1 is 1.21 bits per heavy atom. The zero-order valence-corrected chi connectivity index (χ0v) is 13.5. The number of carbonyl (C=O) groups excluding carboxylic acids is 1. The fraction of sp³-hybridized carbons (Fsp3) is 0.167. The van der Waals surface area contributed by atoms with Gasteiger partial charge in [-0.1, -0.05) is 12.1 Å². The fourth-order valence-electron chi connectivity index (χ4n) is 2.46. The Kier molecular flexibility index (Phi) is 4.29. The summed E-state index contributed by atoms with van der Waals surface area (Å²) in [5.41, 5.74) is 2.40. The quantitative estimate of drug-likeness (QED) is 0.774. The first-order valence-electron chi connectivity index (χ1n) is 7.63. The second kappa shape index (κ2) is 6.54. The van der Waals surface area contributed by atoms with Gasteiger partial charge >= 0.3 is 0 Å². The maximum absolute atomic E-state index is 12.3. The summed E-state index contributed by atoms with van der Waals surface area (Å²) in [5.74, 6) is -0.387. The average molecular weight is 322 g/mol. The molecule has 0 aliphatic rings. The van der Waals surface area contributed by atoms with Gasteiger partial charge in [-0.3, -0.25) is 9.59 Å². The molecule has 6 nitrogen and oxygen atoms in total. The summed E-state index contributed by atoms with van der Waals surface area (Å²) < 4.78 is 1.90. The Hall–Kier alpha value is -3.15. The highest BCUT2D eigenvalue weighted by Gasteiger charge is 2.14. The Labute approximate surface area is 139 Å². The van der Waals surface area contributed by atoms with Crippen molar-refractivity contribution in [3.8, 4) is 5.69 Å². The third-order valence-electron chi connectivity index (χ3n) is 3.84. The van der Waals surface area contributed by atoms with Crippen molar-refractivity contribution in [3.05, 3.63) is 82.3 Å². The lowest BCUT2D eigenvalue weighted by molar-refractivity contribution is 0.0938. The molecule has 24 heavy (non-hydrogen) atoms. The van der Waals surface area contributed by atoms with E-state index in [9.17, 15) is 9.59 Å². The van der Waals surface area contributed by atoms with Crippen LogP contribution < -0.4 is 10.9 Å². The van der Waals surface area contributed by atoms with Crippen LogP contribution in [0.25, 0.3) is 5.69 Å². The van der Waals surface area contributed by atoms with Gasteiger partial charge in [0, 0.05) is 23.8 Å². The predicted octanol–water partition coefficient (Wildman–Crippen LogP) is 2.36. The molecule has 1 aromatic carbocycles. The number of aromatic amines is 1. The molecule has 1 unspecified atom stereocenters. The van der Waals surface area contributed by atoms with Gasteiger partial charge in [-0.25, -0.2) is 4.98 Å². The highest BCUT2D eigenvalue weighted by Crippen LogP contribution is 2.16. The largest absolute Gasteiger partial charge is 0.345 e. The number of aryl methyl sites for hydroxylation is 1. The van der Waals surface area contributed by atoms with Crippen LogP contribution >= 0.6 is 0 Å². The Balaban J connectivity index is 1.73. The third kappa shape index (κ3) is 3.27. The fourth-order valence-corrected chi connectivity index (χ4v) is 2.46. The van der Waals surface area contributed by atoms with E-state index in [4.69, 9.17) is 0 Å². The number of nitrogens with one attached hydrogen (secondary N) is 2. The van der Waals surface area contributed by atoms with Crippen molar-refractivity contribution in [2.24, 2.45) is 0 Å². The number of carbonyl (C=O) groups is 1. The summed E-state index contributed by atoms with van der Waals surface area (Å²) in [6.45, 7) is 3.65. The van der Waals surface area contributed by atoms with Gasteiger partial charge in [0.05, 0.1) is 12.4 Å². The molecule has 0 spiro atoms. The van der Waals surface area contributed by atoms with Crippen LogP contribution in [0.3, 0.4) is 0 Å². The molecule has 2 N–H and O–H groups in total. The monoisotopic (exact) mass is 322 g/mol. The lowest BCUT2D eigenvalue weighted by Crippen LogP contribution is -2.31. The SMILES string of the molecule is Cc1ccc(C(=O)NC(C)c2ccc(-n3ccnc3)cc2)c(=O)[nH]1. The van der Waals surface area contributed by atoms with Crippen LogP contribution in [0, 0.1) is 6.92 Å². The standard InChI is InChI=1S/C18H18N4O2/c1-12-3-8-16(17(23)20-12)18(24)21-13(2)14-4-6-15(7-5-14)22-10-9-19-11-22/h3-11,13H,1-2H3,(H,20,23)(H,21,24). The van der Waals surface area contributed by atoms with Crippen LogP contribution in [-0.4, -0.2) is 20.4 Å². The van der Waals surface area contributed by atoms with E-state index in [1.165, 1.54) is 0 Å². The van der Waals surface area contributed by atoms with E-state index < -0.39 is 0 Å². The molecule has 1 atom stereocenters. The van der Waals surface area contributed by atoms with Gasteiger partial charge in [0.2, 0.25) is 0 Å². The Morgan fingerprint density at radius 2 is 1.96 bits per heavy atom. The maximum Gasteiger partial charge on any atom is 0.260 e. The number of hydrogen-bond donors (Lipinski definition) is 2. The minimum atomic E-state index is -0.387. The van der Waals surface area contributed by atoms with Crippen molar-refractivity contribution in [3.63, 3.8) is 0 Å². The molecule has 1 amide bonds. The second-order valence-corrected chi connectivity index (χ2v) is 5.64. The third-order valence-corrected chi connectivity index (χ3v) is 3.84. The first-order valence-corrected chi connectivity index (χ1v) is 7.63. The molecule has 0 radical (unpaired) electrons. The molecule has 0 aliphatic heterocycles. The van der Waals surface area contributed by atoms with Crippen molar-refractivity contribution in [1.29, 1.82) is 0 Å². The van der Waals surface area contributed by atoms with Gasteiger partial charge in [0.1, 0.15) is 5.56 Å². The molecule has 0 aliphatic carbocycles. The average Bonchev–Trinajstić information content (AvgIpc) is 3.09. The molecule has 0 saturated heterocycles. The molecule has 0 bridgehead atoms. The number of benzene rings is 1. The Bertz CT molecular complexity index is 896. The normalized spacial score (nSPS) is 11.9. The van der Waals surface area contributed by atoms with E-state index in [1.54, 1.807) is 31.6 Å². The van der Waals surface area contributed by atoms with Gasteiger partial charge in [-0.05, 0) is 43.7 Å². The number of imidazole rings is 1. The van der Waals surface area contributed by atoms with Crippen molar-refractivity contribution < 1.29 is 4.79 Å². The topological polar surface area (TPSA) is 79.8 Å². The number of pyridine rings is 1. The first kappa shape index (κ1) is 15.7. The van der Waals surface area contributed by atoms with Crippen molar-refractivity contribution in [1.82, 2.24) is 19.9 Å². The molecule has 122 valence electrons. The van der Waals surface area contributed by atoms with E-state index in [2.05, 4.69) is 15.3 Å². The molecule has 0 fully saturated rings. The highest BCUT2D eigenvalue weighted by atomic mass is 16.2. The van der Waals surface area contributed by atoms with Crippen molar-refractivity contribution in [2.45, 2.75) is 19.9 Å². The van der Waals surface area contributed by atoms with Crippen LogP contribution in [0.5, 0.6) is 0 Å². The molecule has 3 aromatic rings. The Morgan fingerprint density at radius 3 is 2.58 bits per heavy atom. The number of H-pyrrole nitrogens is 1. The zero-order chi connectivity index (χ0) is 17.1. The predicted molar refractivity (Wildman–Crippen MR) is 91.2 cm³/mol. The van der Waals surface area contributed by atoms with E-state index in [-0.39, 0.29) is 23.1 Å². The van der Waals surface area contributed by atoms with E-state index in [0.717, 1.165) is 16.9 Å². The molecule has 2 aromatic heterocycles. The minimum absolute atomic E-state index is 0.113. The van der Waals surface area contributed by atoms with Crippen LogP contribution in [0.15, 0.2) is 59.9 Å². The second-order valence-electron chi connectivity index (χ2n) is 5.64. The van der Waals surface area contributed by atoms with Gasteiger partial charge < -0.3 is 14.9 Å². The molecule has 2 heterocycles. The van der Waals surface area contributed by atoms with Crippen LogP contribution in [0.4, 0.5) is 0 Å². The molecule has 3 rings (SSSR count). The number of aromatic nitrogens is 3. The summed E-state index contributed by atoms with van der Waals surface area (Å²) in [6.07, 6.45) is 5.31. The summed E-state index contributed by atoms with van der Waals surface area (Å²) in [7, 11) is 0. The smallest absolute Gasteiger partial charge is 0.260 e. The number of nitrogens with zero attached hydrogens (tertiary/aromatic N) is 2. The summed E-state index contributed by atoms with van der Waals surface area (Å²) in [6, 6.07) is 10.8. The van der Waals surface area contributed by atoms with Gasteiger partial charge in [0.15, 0.2) is 0 Å². The summed E-state index contributed by atoms with van der Waals surface area (Å²) >= 11 is 0. The first-order chi connectivity index (χ1) is 11.5. The maximum atomic E-state index is 12.3. The summed E-state index contributed by atoms with van der Waals surface area (Å²) in [5, 5.41) is 2.85. The van der Waals surface area contributed by atoms with Gasteiger partial charge in [-0.15, -0.1) is 0 Å². The lowest BCUT2D eigenvalue weighted by Gasteiger charge is -2.15. The zero-order valence-electron chi connectivity index (χ0n) is 13.5. The van der Waals surface area contributed by atoms with Crippen molar-refractivity contribution >= 4 is 5.91 Å².